The number of hydrogen-bond acceptors (Lipinski definition) is 5. The van der Waals surface area contributed by atoms with Crippen LogP contribution in [0.15, 0.2) is 53.7 Å². The molecule has 1 N–H and O–H groups in total. The van der Waals surface area contributed by atoms with Gasteiger partial charge in [0, 0.05) is 11.1 Å². The van der Waals surface area contributed by atoms with E-state index in [2.05, 4.69) is 14.9 Å². The van der Waals surface area contributed by atoms with E-state index in [4.69, 9.17) is 11.6 Å². The van der Waals surface area contributed by atoms with Gasteiger partial charge in [-0.3, -0.25) is 4.79 Å². The van der Waals surface area contributed by atoms with Crippen LogP contribution in [-0.4, -0.2) is 47.2 Å². The van der Waals surface area contributed by atoms with Crippen LogP contribution in [0.4, 0.5) is 0 Å². The van der Waals surface area contributed by atoms with Gasteiger partial charge < -0.3 is 9.88 Å². The third-order valence-electron chi connectivity index (χ3n) is 4.79. The molecule has 0 radical (unpaired) electrons. The highest BCUT2D eigenvalue weighted by molar-refractivity contribution is 7.99. The summed E-state index contributed by atoms with van der Waals surface area (Å²) in [7, 11) is -3.02. The molecule has 1 amide bonds. The summed E-state index contributed by atoms with van der Waals surface area (Å²) in [5.41, 5.74) is 2.85. The highest BCUT2D eigenvalue weighted by Crippen LogP contribution is 2.27. The monoisotopic (exact) mass is 449 g/mol. The molecule has 1 aliphatic heterocycles. The van der Waals surface area contributed by atoms with E-state index in [1.807, 2.05) is 48.5 Å². The predicted octanol–water partition coefficient (Wildman–Crippen LogP) is 3.13. The van der Waals surface area contributed by atoms with Crippen molar-refractivity contribution in [3.8, 4) is 0 Å². The predicted molar refractivity (Wildman–Crippen MR) is 116 cm³/mol. The number of amides is 1. The molecule has 0 bridgehead atoms. The Kier molecular flexibility index (Phi) is 5.85. The lowest BCUT2D eigenvalue weighted by Crippen LogP contribution is -2.36. The van der Waals surface area contributed by atoms with Gasteiger partial charge in [0.1, 0.15) is 0 Å². The number of imidazole rings is 1. The van der Waals surface area contributed by atoms with Crippen LogP contribution in [0.5, 0.6) is 0 Å². The van der Waals surface area contributed by atoms with E-state index in [1.165, 1.54) is 11.8 Å². The van der Waals surface area contributed by atoms with Gasteiger partial charge >= 0.3 is 0 Å². The molecule has 152 valence electrons. The number of thioether (sulfide) groups is 1. The van der Waals surface area contributed by atoms with Crippen molar-refractivity contribution in [2.24, 2.45) is 0 Å². The van der Waals surface area contributed by atoms with Crippen LogP contribution >= 0.6 is 23.4 Å². The van der Waals surface area contributed by atoms with Crippen LogP contribution in [0.3, 0.4) is 0 Å². The molecule has 0 unspecified atom stereocenters. The molecule has 1 aliphatic rings. The Balaban J connectivity index is 1.51. The first kappa shape index (κ1) is 20.3. The van der Waals surface area contributed by atoms with Crippen molar-refractivity contribution in [1.29, 1.82) is 0 Å². The summed E-state index contributed by atoms with van der Waals surface area (Å²) in [6.07, 6.45) is 0.476. The number of rotatable bonds is 6. The van der Waals surface area contributed by atoms with Crippen LogP contribution in [0.1, 0.15) is 12.0 Å². The Morgan fingerprint density at radius 2 is 2.03 bits per heavy atom. The molecule has 0 aliphatic carbocycles. The van der Waals surface area contributed by atoms with Crippen molar-refractivity contribution in [2.45, 2.75) is 24.2 Å². The molecule has 6 nitrogen and oxygen atoms in total. The van der Waals surface area contributed by atoms with Crippen LogP contribution < -0.4 is 5.32 Å². The van der Waals surface area contributed by atoms with Gasteiger partial charge in [0.05, 0.1) is 34.8 Å². The van der Waals surface area contributed by atoms with E-state index < -0.39 is 9.84 Å². The summed E-state index contributed by atoms with van der Waals surface area (Å²) in [6, 6.07) is 15.3. The highest BCUT2D eigenvalue weighted by atomic mass is 35.5. The second-order valence-electron chi connectivity index (χ2n) is 7.06. The molecule has 1 saturated heterocycles. The molecule has 0 spiro atoms. The fraction of sp³-hybridized carbons (Fsp3) is 0.300. The quantitative estimate of drug-likeness (QED) is 0.585. The molecule has 1 atom stereocenters. The number of halogens is 1. The van der Waals surface area contributed by atoms with Crippen LogP contribution in [0.25, 0.3) is 11.0 Å². The first-order chi connectivity index (χ1) is 13.9. The number of sulfone groups is 1. The van der Waals surface area contributed by atoms with Crippen molar-refractivity contribution in [3.05, 3.63) is 59.1 Å². The number of carbonyl (C=O) groups is 1. The second kappa shape index (κ2) is 8.38. The average Bonchev–Trinajstić information content (AvgIpc) is 3.19. The number of carbonyl (C=O) groups excluding carboxylic acids is 1. The molecule has 4 rings (SSSR count). The molecule has 2 heterocycles. The number of benzene rings is 2. The largest absolute Gasteiger partial charge is 0.352 e. The van der Waals surface area contributed by atoms with Gasteiger partial charge in [-0.25, -0.2) is 13.4 Å². The zero-order valence-electron chi connectivity index (χ0n) is 15.5. The number of fused-ring (bicyclic) bond motifs is 1. The summed E-state index contributed by atoms with van der Waals surface area (Å²) in [5.74, 6) is 0.142. The molecular weight excluding hydrogens is 430 g/mol. The first-order valence-electron chi connectivity index (χ1n) is 9.22. The van der Waals surface area contributed by atoms with Gasteiger partial charge in [0.25, 0.3) is 0 Å². The van der Waals surface area contributed by atoms with Gasteiger partial charge in [-0.2, -0.15) is 0 Å². The summed E-state index contributed by atoms with van der Waals surface area (Å²) >= 11 is 7.45. The maximum Gasteiger partial charge on any atom is 0.230 e. The Bertz CT molecular complexity index is 1150. The highest BCUT2D eigenvalue weighted by Gasteiger charge is 2.29. The number of nitrogens with zero attached hydrogens (tertiary/aromatic N) is 2. The van der Waals surface area contributed by atoms with Crippen molar-refractivity contribution in [1.82, 2.24) is 14.9 Å². The number of aromatic nitrogens is 2. The zero-order chi connectivity index (χ0) is 20.4. The molecule has 9 heteroatoms. The van der Waals surface area contributed by atoms with Gasteiger partial charge in [0.2, 0.25) is 5.91 Å². The summed E-state index contributed by atoms with van der Waals surface area (Å²) in [4.78, 5) is 17.0. The second-order valence-corrected chi connectivity index (χ2v) is 10.7. The van der Waals surface area contributed by atoms with Crippen LogP contribution in [0.2, 0.25) is 5.02 Å². The fourth-order valence-electron chi connectivity index (χ4n) is 3.42. The summed E-state index contributed by atoms with van der Waals surface area (Å²) < 4.78 is 25.2. The normalized spacial score (nSPS) is 18.2. The van der Waals surface area contributed by atoms with Crippen LogP contribution in [0, 0.1) is 0 Å². The van der Waals surface area contributed by atoms with E-state index in [9.17, 15) is 13.2 Å². The maximum absolute atomic E-state index is 12.3. The van der Waals surface area contributed by atoms with Crippen molar-refractivity contribution < 1.29 is 13.2 Å². The fourth-order valence-corrected chi connectivity index (χ4v) is 6.08. The lowest BCUT2D eigenvalue weighted by molar-refractivity contribution is -0.119. The standard InChI is InChI=1S/C20H20ClN3O3S2/c21-15-6-7-18-17(10-15)23-20(24(18)11-14-4-2-1-3-5-14)28-12-19(25)22-16-8-9-29(26,27)13-16/h1-7,10,16H,8-9,11-13H2,(H,22,25)/t16-/m0/s1. The van der Waals surface area contributed by atoms with E-state index >= 15 is 0 Å². The number of nitrogens with one attached hydrogen (secondary N) is 1. The lowest BCUT2D eigenvalue weighted by Gasteiger charge is -2.11. The van der Waals surface area contributed by atoms with E-state index in [1.54, 1.807) is 0 Å². The molecule has 29 heavy (non-hydrogen) atoms. The minimum atomic E-state index is -3.02. The van der Waals surface area contributed by atoms with Crippen molar-refractivity contribution >= 4 is 50.1 Å². The van der Waals surface area contributed by atoms with E-state index in [0.717, 1.165) is 21.8 Å². The Hall–Kier alpha value is -2.03. The topological polar surface area (TPSA) is 81.1 Å². The third kappa shape index (κ3) is 4.94. The molecule has 3 aromatic rings. The zero-order valence-corrected chi connectivity index (χ0v) is 17.9. The van der Waals surface area contributed by atoms with Crippen molar-refractivity contribution in [3.63, 3.8) is 0 Å². The summed E-state index contributed by atoms with van der Waals surface area (Å²) in [6.45, 7) is 0.629. The van der Waals surface area contributed by atoms with Crippen molar-refractivity contribution in [2.75, 3.05) is 17.3 Å². The average molecular weight is 450 g/mol. The molecule has 0 saturated carbocycles. The molecule has 1 fully saturated rings. The van der Waals surface area contributed by atoms with Crippen LogP contribution in [-0.2, 0) is 21.2 Å². The Morgan fingerprint density at radius 1 is 1.24 bits per heavy atom. The van der Waals surface area contributed by atoms with E-state index in [0.29, 0.717) is 18.0 Å². The lowest BCUT2D eigenvalue weighted by atomic mass is 10.2. The molecule has 1 aromatic heterocycles. The van der Waals surface area contributed by atoms with E-state index in [-0.39, 0.29) is 29.2 Å². The Labute approximate surface area is 178 Å². The van der Waals surface area contributed by atoms with Gasteiger partial charge in [0.15, 0.2) is 15.0 Å². The third-order valence-corrected chi connectivity index (χ3v) is 7.77. The maximum atomic E-state index is 12.3. The smallest absolute Gasteiger partial charge is 0.230 e. The minimum Gasteiger partial charge on any atom is -0.352 e. The molecular formula is C20H20ClN3O3S2. The molecule has 2 aromatic carbocycles. The van der Waals surface area contributed by atoms with Gasteiger partial charge in [-0.1, -0.05) is 53.7 Å². The SMILES string of the molecule is O=C(CSc1nc2cc(Cl)ccc2n1Cc1ccccc1)N[C@H]1CCS(=O)(=O)C1. The Morgan fingerprint density at radius 3 is 2.76 bits per heavy atom. The number of hydrogen-bond donors (Lipinski definition) is 1. The van der Waals surface area contributed by atoms with Gasteiger partial charge in [-0.15, -0.1) is 0 Å². The minimum absolute atomic E-state index is 0.0222. The summed E-state index contributed by atoms with van der Waals surface area (Å²) in [5, 5.41) is 4.15. The van der Waals surface area contributed by atoms with Gasteiger partial charge in [-0.05, 0) is 30.2 Å². The first-order valence-corrected chi connectivity index (χ1v) is 12.4.